The maximum Gasteiger partial charge on any atom is 0.341 e. The van der Waals surface area contributed by atoms with Crippen LogP contribution in [0.15, 0.2) is 35.7 Å². The molecule has 2 aliphatic carbocycles. The fourth-order valence-corrected chi connectivity index (χ4v) is 8.05. The molecule has 204 valence electrons. The number of hydrogen-bond donors (Lipinski definition) is 1. The molecule has 0 amide bonds. The van der Waals surface area contributed by atoms with Crippen molar-refractivity contribution in [1.82, 2.24) is 0 Å². The number of carbonyl (C=O) groups is 2. The Bertz CT molecular complexity index is 1440. The molecule has 1 aliphatic heterocycles. The first kappa shape index (κ1) is 26.9. The molecule has 2 N–H and O–H groups in total. The number of hydrogen-bond acceptors (Lipinski definition) is 9. The Kier molecular flexibility index (Phi) is 6.97. The maximum atomic E-state index is 13.9. The van der Waals surface area contributed by atoms with Gasteiger partial charge in [-0.25, -0.2) is 4.79 Å². The number of Topliss-reactive ketones (excluding diaryl/α,β-unsaturated/α-hetero) is 1. The van der Waals surface area contributed by atoms with Gasteiger partial charge in [0.1, 0.15) is 16.6 Å². The molecule has 0 saturated heterocycles. The fourth-order valence-electron chi connectivity index (χ4n) is 6.60. The van der Waals surface area contributed by atoms with E-state index in [9.17, 15) is 25.0 Å². The van der Waals surface area contributed by atoms with E-state index in [-0.39, 0.29) is 34.9 Å². The predicted octanol–water partition coefficient (Wildman–Crippen LogP) is 5.38. The summed E-state index contributed by atoms with van der Waals surface area (Å²) in [6, 6.07) is 7.92. The van der Waals surface area contributed by atoms with Gasteiger partial charge >= 0.3 is 5.97 Å². The lowest BCUT2D eigenvalue weighted by molar-refractivity contribution is -0.384. The van der Waals surface area contributed by atoms with E-state index in [2.05, 4.69) is 6.07 Å². The standard InChI is InChI=1S/C29H32N4O5S/c1-4-38-28(35)24-18-10-5-6-11-22(18)39-27(24)32-20-13-29(2,3)14-21(34)25(20)23(19(15-30)26(32)31)16-8-7-9-17(12-16)33(36)37/h7-9,12,20,23,25H,4-6,10-11,13-14,31H2,1-3H3. The number of benzene rings is 1. The van der Waals surface area contributed by atoms with Crippen molar-refractivity contribution < 1.29 is 19.2 Å². The van der Waals surface area contributed by atoms with Gasteiger partial charge in [0, 0.05) is 35.4 Å². The normalized spacial score (nSPS) is 24.0. The molecular weight excluding hydrogens is 516 g/mol. The Morgan fingerprint density at radius 2 is 2.08 bits per heavy atom. The number of nitrogens with zero attached hydrogens (tertiary/aromatic N) is 3. The summed E-state index contributed by atoms with van der Waals surface area (Å²) in [5.74, 6) is -1.63. The van der Waals surface area contributed by atoms with Crippen molar-refractivity contribution in [1.29, 1.82) is 5.26 Å². The SMILES string of the molecule is CCOC(=O)c1c(N2C(N)=C(C#N)C(c3cccc([N+](=O)[O-])c3)C3C(=O)CC(C)(C)CC32)sc2c1CCCC2. The molecule has 1 fully saturated rings. The molecule has 3 aliphatic rings. The second-order valence-electron chi connectivity index (χ2n) is 11.3. The van der Waals surface area contributed by atoms with Gasteiger partial charge in [-0.2, -0.15) is 5.26 Å². The number of ketones is 1. The monoisotopic (exact) mass is 548 g/mol. The number of nitrogens with two attached hydrogens (primary N) is 1. The van der Waals surface area contributed by atoms with E-state index >= 15 is 0 Å². The van der Waals surface area contributed by atoms with Crippen LogP contribution in [0.25, 0.3) is 0 Å². The van der Waals surface area contributed by atoms with Crippen LogP contribution in [0.1, 0.15) is 78.7 Å². The molecule has 5 rings (SSSR count). The summed E-state index contributed by atoms with van der Waals surface area (Å²) in [7, 11) is 0. The van der Waals surface area contributed by atoms with Gasteiger partial charge < -0.3 is 15.4 Å². The number of anilines is 1. The summed E-state index contributed by atoms with van der Waals surface area (Å²) in [5, 5.41) is 22.6. The molecule has 39 heavy (non-hydrogen) atoms. The van der Waals surface area contributed by atoms with Crippen LogP contribution in [-0.2, 0) is 22.4 Å². The molecule has 10 heteroatoms. The summed E-state index contributed by atoms with van der Waals surface area (Å²) in [4.78, 5) is 41.3. The number of carbonyl (C=O) groups excluding carboxylic acids is 2. The molecule has 9 nitrogen and oxygen atoms in total. The quantitative estimate of drug-likeness (QED) is 0.298. The van der Waals surface area contributed by atoms with Gasteiger partial charge in [-0.3, -0.25) is 14.9 Å². The van der Waals surface area contributed by atoms with Crippen LogP contribution in [0.2, 0.25) is 0 Å². The number of aryl methyl sites for hydroxylation is 1. The summed E-state index contributed by atoms with van der Waals surface area (Å²) in [6.45, 7) is 6.06. The molecular formula is C29H32N4O5S. The van der Waals surface area contributed by atoms with E-state index < -0.39 is 28.8 Å². The maximum absolute atomic E-state index is 13.9. The van der Waals surface area contributed by atoms with Gasteiger partial charge in [0.2, 0.25) is 0 Å². The van der Waals surface area contributed by atoms with E-state index in [1.807, 2.05) is 18.7 Å². The lowest BCUT2D eigenvalue weighted by Gasteiger charge is -2.51. The summed E-state index contributed by atoms with van der Waals surface area (Å²) < 4.78 is 5.48. The Hall–Kier alpha value is -3.71. The van der Waals surface area contributed by atoms with E-state index in [1.165, 1.54) is 23.5 Å². The van der Waals surface area contributed by atoms with E-state index in [4.69, 9.17) is 10.5 Å². The Labute approximate surface area is 231 Å². The number of ether oxygens (including phenoxy) is 1. The number of nitro groups is 1. The van der Waals surface area contributed by atoms with Crippen molar-refractivity contribution >= 4 is 33.8 Å². The van der Waals surface area contributed by atoms with Crippen LogP contribution in [0.4, 0.5) is 10.7 Å². The summed E-state index contributed by atoms with van der Waals surface area (Å²) >= 11 is 1.50. The van der Waals surface area contributed by atoms with Crippen molar-refractivity contribution in [3.63, 3.8) is 0 Å². The van der Waals surface area contributed by atoms with Crippen LogP contribution in [0.3, 0.4) is 0 Å². The zero-order valence-corrected chi connectivity index (χ0v) is 23.2. The zero-order chi connectivity index (χ0) is 28.1. The van der Waals surface area contributed by atoms with Crippen LogP contribution in [-0.4, -0.2) is 29.3 Å². The minimum atomic E-state index is -0.722. The predicted molar refractivity (Wildman–Crippen MR) is 147 cm³/mol. The minimum Gasteiger partial charge on any atom is -0.462 e. The number of rotatable bonds is 5. The van der Waals surface area contributed by atoms with Gasteiger partial charge in [0.15, 0.2) is 0 Å². The fraction of sp³-hybridized carbons (Fsp3) is 0.483. The highest BCUT2D eigenvalue weighted by Crippen LogP contribution is 2.54. The second-order valence-corrected chi connectivity index (χ2v) is 12.4. The number of nitro benzene ring substituents is 1. The average Bonchev–Trinajstić information content (AvgIpc) is 3.26. The average molecular weight is 549 g/mol. The van der Waals surface area contributed by atoms with E-state index in [0.29, 0.717) is 29.0 Å². The molecule has 1 aromatic carbocycles. The van der Waals surface area contributed by atoms with Crippen molar-refractivity contribution in [2.75, 3.05) is 11.5 Å². The molecule has 3 unspecified atom stereocenters. The molecule has 1 saturated carbocycles. The lowest BCUT2D eigenvalue weighted by atomic mass is 9.61. The molecule has 0 bridgehead atoms. The Morgan fingerprint density at radius 1 is 1.33 bits per heavy atom. The largest absolute Gasteiger partial charge is 0.462 e. The highest BCUT2D eigenvalue weighted by atomic mass is 32.1. The minimum absolute atomic E-state index is 0.0167. The molecule has 0 radical (unpaired) electrons. The molecule has 3 atom stereocenters. The number of esters is 1. The third-order valence-corrected chi connectivity index (χ3v) is 9.44. The number of nitriles is 1. The number of non-ortho nitro benzene ring substituents is 1. The Balaban J connectivity index is 1.76. The highest BCUT2D eigenvalue weighted by Gasteiger charge is 2.53. The van der Waals surface area contributed by atoms with Crippen LogP contribution < -0.4 is 10.6 Å². The third-order valence-electron chi connectivity index (χ3n) is 8.15. The van der Waals surface area contributed by atoms with Crippen LogP contribution in [0, 0.1) is 32.8 Å². The molecule has 2 aromatic rings. The van der Waals surface area contributed by atoms with E-state index in [0.717, 1.165) is 36.1 Å². The van der Waals surface area contributed by atoms with Gasteiger partial charge in [-0.15, -0.1) is 11.3 Å². The lowest BCUT2D eigenvalue weighted by Crippen LogP contribution is -2.57. The molecule has 1 aromatic heterocycles. The number of thiophene rings is 1. The number of fused-ring (bicyclic) bond motifs is 2. The van der Waals surface area contributed by atoms with E-state index in [1.54, 1.807) is 19.1 Å². The van der Waals surface area contributed by atoms with Crippen LogP contribution in [0.5, 0.6) is 0 Å². The number of allylic oxidation sites excluding steroid dienone is 1. The third kappa shape index (κ3) is 4.59. The molecule has 2 heterocycles. The highest BCUT2D eigenvalue weighted by molar-refractivity contribution is 7.16. The first-order valence-corrected chi connectivity index (χ1v) is 14.2. The summed E-state index contributed by atoms with van der Waals surface area (Å²) in [5.41, 5.74) is 8.54. The van der Waals surface area contributed by atoms with Crippen molar-refractivity contribution in [3.8, 4) is 6.07 Å². The van der Waals surface area contributed by atoms with Gasteiger partial charge in [0.05, 0.1) is 34.7 Å². The zero-order valence-electron chi connectivity index (χ0n) is 22.4. The molecule has 0 spiro atoms. The van der Waals surface area contributed by atoms with Gasteiger partial charge in [-0.1, -0.05) is 26.0 Å². The van der Waals surface area contributed by atoms with Crippen molar-refractivity contribution in [2.45, 2.75) is 71.3 Å². The van der Waals surface area contributed by atoms with Crippen molar-refractivity contribution in [2.24, 2.45) is 17.1 Å². The first-order chi connectivity index (χ1) is 18.6. The summed E-state index contributed by atoms with van der Waals surface area (Å²) in [6.07, 6.45) is 4.52. The topological polar surface area (TPSA) is 140 Å². The van der Waals surface area contributed by atoms with Gasteiger partial charge in [0.25, 0.3) is 5.69 Å². The smallest absolute Gasteiger partial charge is 0.341 e. The van der Waals surface area contributed by atoms with Crippen molar-refractivity contribution in [3.05, 3.63) is 67.3 Å². The van der Waals surface area contributed by atoms with Crippen LogP contribution >= 0.6 is 11.3 Å². The van der Waals surface area contributed by atoms with Gasteiger partial charge in [-0.05, 0) is 55.6 Å². The Morgan fingerprint density at radius 3 is 2.77 bits per heavy atom. The second kappa shape index (κ2) is 10.1. The first-order valence-electron chi connectivity index (χ1n) is 13.4.